The molecule has 3 heteroatoms. The molecule has 2 atom stereocenters. The zero-order valence-corrected chi connectivity index (χ0v) is 11.7. The van der Waals surface area contributed by atoms with Crippen LogP contribution in [0.4, 0.5) is 0 Å². The maximum atomic E-state index is 10.5. The van der Waals surface area contributed by atoms with Crippen molar-refractivity contribution < 1.29 is 10.2 Å². The Morgan fingerprint density at radius 1 is 0.944 bits per heavy atom. The summed E-state index contributed by atoms with van der Waals surface area (Å²) >= 11 is 0. The summed E-state index contributed by atoms with van der Waals surface area (Å²) in [6.07, 6.45) is 9.53. The smallest absolute Gasteiger partial charge is 0.0774 e. The SMILES string of the molecule is CC1CCCC(O)(CNCC2(O)CCCCC2)C1. The van der Waals surface area contributed by atoms with E-state index in [0.29, 0.717) is 19.0 Å². The number of rotatable bonds is 4. The molecule has 18 heavy (non-hydrogen) atoms. The lowest BCUT2D eigenvalue weighted by atomic mass is 9.78. The highest BCUT2D eigenvalue weighted by molar-refractivity contribution is 4.90. The van der Waals surface area contributed by atoms with Crippen LogP contribution in [0.5, 0.6) is 0 Å². The zero-order chi connectivity index (χ0) is 13.1. The molecule has 2 saturated carbocycles. The molecule has 2 fully saturated rings. The normalized spacial score (nSPS) is 36.5. The Hall–Kier alpha value is -0.120. The van der Waals surface area contributed by atoms with E-state index in [2.05, 4.69) is 12.2 Å². The molecule has 2 rings (SSSR count). The second-order valence-corrected chi connectivity index (χ2v) is 6.81. The molecule has 2 unspecified atom stereocenters. The lowest BCUT2D eigenvalue weighted by Crippen LogP contribution is -2.49. The minimum absolute atomic E-state index is 0.519. The summed E-state index contributed by atoms with van der Waals surface area (Å²) in [5.41, 5.74) is -1.06. The summed E-state index contributed by atoms with van der Waals surface area (Å²) < 4.78 is 0. The molecule has 3 N–H and O–H groups in total. The van der Waals surface area contributed by atoms with E-state index in [0.717, 1.165) is 44.9 Å². The molecule has 2 aliphatic carbocycles. The highest BCUT2D eigenvalue weighted by atomic mass is 16.3. The highest BCUT2D eigenvalue weighted by Gasteiger charge is 2.34. The van der Waals surface area contributed by atoms with Gasteiger partial charge in [-0.25, -0.2) is 0 Å². The Balaban J connectivity index is 1.73. The van der Waals surface area contributed by atoms with E-state index in [9.17, 15) is 10.2 Å². The van der Waals surface area contributed by atoms with Gasteiger partial charge in [0.1, 0.15) is 0 Å². The fourth-order valence-electron chi connectivity index (χ4n) is 3.71. The van der Waals surface area contributed by atoms with Crippen LogP contribution >= 0.6 is 0 Å². The van der Waals surface area contributed by atoms with Crippen LogP contribution in [0.3, 0.4) is 0 Å². The van der Waals surface area contributed by atoms with Crippen LogP contribution < -0.4 is 5.32 Å². The van der Waals surface area contributed by atoms with Crippen molar-refractivity contribution in [3.8, 4) is 0 Å². The van der Waals surface area contributed by atoms with Crippen LogP contribution in [0.1, 0.15) is 64.7 Å². The van der Waals surface area contributed by atoms with Gasteiger partial charge in [-0.05, 0) is 31.6 Å². The zero-order valence-electron chi connectivity index (χ0n) is 11.7. The Labute approximate surface area is 111 Å². The molecule has 0 aromatic heterocycles. The average molecular weight is 255 g/mol. The van der Waals surface area contributed by atoms with E-state index >= 15 is 0 Å². The van der Waals surface area contributed by atoms with E-state index in [1.54, 1.807) is 0 Å². The Morgan fingerprint density at radius 3 is 2.22 bits per heavy atom. The maximum Gasteiger partial charge on any atom is 0.0774 e. The molecule has 0 aromatic carbocycles. The van der Waals surface area contributed by atoms with Crippen molar-refractivity contribution in [1.29, 1.82) is 0 Å². The molecule has 3 nitrogen and oxygen atoms in total. The highest BCUT2D eigenvalue weighted by Crippen LogP contribution is 2.32. The summed E-state index contributed by atoms with van der Waals surface area (Å²) in [4.78, 5) is 0. The molecule has 106 valence electrons. The minimum atomic E-state index is -0.539. The van der Waals surface area contributed by atoms with Crippen molar-refractivity contribution in [3.05, 3.63) is 0 Å². The van der Waals surface area contributed by atoms with E-state index in [1.165, 1.54) is 12.8 Å². The van der Waals surface area contributed by atoms with Crippen LogP contribution in [-0.4, -0.2) is 34.5 Å². The van der Waals surface area contributed by atoms with Gasteiger partial charge in [0.25, 0.3) is 0 Å². The summed E-state index contributed by atoms with van der Waals surface area (Å²) in [7, 11) is 0. The standard InChI is InChI=1S/C15H29NO2/c1-13-6-5-9-15(18,10-13)12-16-11-14(17)7-3-2-4-8-14/h13,16-18H,2-12H2,1H3. The van der Waals surface area contributed by atoms with Crippen molar-refractivity contribution >= 4 is 0 Å². The fraction of sp³-hybridized carbons (Fsp3) is 1.00. The van der Waals surface area contributed by atoms with Crippen molar-refractivity contribution in [1.82, 2.24) is 5.32 Å². The van der Waals surface area contributed by atoms with Gasteiger partial charge in [-0.15, -0.1) is 0 Å². The van der Waals surface area contributed by atoms with Gasteiger partial charge in [-0.2, -0.15) is 0 Å². The van der Waals surface area contributed by atoms with Crippen LogP contribution in [-0.2, 0) is 0 Å². The van der Waals surface area contributed by atoms with Gasteiger partial charge in [0.15, 0.2) is 0 Å². The third kappa shape index (κ3) is 3.94. The van der Waals surface area contributed by atoms with Crippen LogP contribution in [0, 0.1) is 5.92 Å². The Bertz CT molecular complexity index is 263. The molecule has 0 heterocycles. The second-order valence-electron chi connectivity index (χ2n) is 6.81. The van der Waals surface area contributed by atoms with Crippen LogP contribution in [0.15, 0.2) is 0 Å². The molecule has 0 radical (unpaired) electrons. The quantitative estimate of drug-likeness (QED) is 0.722. The molecule has 0 amide bonds. The first kappa shape index (κ1) is 14.3. The van der Waals surface area contributed by atoms with Crippen molar-refractivity contribution in [2.45, 2.75) is 75.9 Å². The molecular weight excluding hydrogens is 226 g/mol. The second kappa shape index (κ2) is 5.89. The van der Waals surface area contributed by atoms with Gasteiger partial charge in [0.05, 0.1) is 11.2 Å². The lowest BCUT2D eigenvalue weighted by molar-refractivity contribution is -0.0272. The molecule has 0 bridgehead atoms. The first-order chi connectivity index (χ1) is 8.52. The predicted octanol–water partition coefficient (Wildman–Crippen LogP) is 2.21. The van der Waals surface area contributed by atoms with Crippen molar-refractivity contribution in [2.75, 3.05) is 13.1 Å². The van der Waals surface area contributed by atoms with Crippen LogP contribution in [0.25, 0.3) is 0 Å². The topological polar surface area (TPSA) is 52.5 Å². The Morgan fingerprint density at radius 2 is 1.56 bits per heavy atom. The van der Waals surface area contributed by atoms with Gasteiger partial charge in [-0.1, -0.05) is 39.0 Å². The average Bonchev–Trinajstić information content (AvgIpc) is 2.29. The lowest BCUT2D eigenvalue weighted by Gasteiger charge is -2.38. The summed E-state index contributed by atoms with van der Waals surface area (Å²) in [5.74, 6) is 0.628. The first-order valence-electron chi connectivity index (χ1n) is 7.67. The number of nitrogens with one attached hydrogen (secondary N) is 1. The van der Waals surface area contributed by atoms with Gasteiger partial charge in [-0.3, -0.25) is 0 Å². The van der Waals surface area contributed by atoms with E-state index < -0.39 is 11.2 Å². The van der Waals surface area contributed by atoms with Crippen molar-refractivity contribution in [3.63, 3.8) is 0 Å². The van der Waals surface area contributed by atoms with E-state index in [-0.39, 0.29) is 0 Å². The summed E-state index contributed by atoms with van der Waals surface area (Å²) in [6, 6.07) is 0. The fourth-order valence-corrected chi connectivity index (χ4v) is 3.71. The number of hydrogen-bond acceptors (Lipinski definition) is 3. The molecule has 0 aliphatic heterocycles. The minimum Gasteiger partial charge on any atom is -0.389 e. The van der Waals surface area contributed by atoms with Gasteiger partial charge < -0.3 is 15.5 Å². The third-order valence-corrected chi connectivity index (χ3v) is 4.76. The van der Waals surface area contributed by atoms with E-state index in [4.69, 9.17) is 0 Å². The predicted molar refractivity (Wildman–Crippen MR) is 73.5 cm³/mol. The maximum absolute atomic E-state index is 10.5. The summed E-state index contributed by atoms with van der Waals surface area (Å²) in [6.45, 7) is 3.50. The Kier molecular flexibility index (Phi) is 4.68. The van der Waals surface area contributed by atoms with Crippen LogP contribution in [0.2, 0.25) is 0 Å². The van der Waals surface area contributed by atoms with Gasteiger partial charge in [0, 0.05) is 13.1 Å². The molecule has 0 saturated heterocycles. The number of aliphatic hydroxyl groups is 2. The third-order valence-electron chi connectivity index (χ3n) is 4.76. The molecule has 0 spiro atoms. The molecular formula is C15H29NO2. The van der Waals surface area contributed by atoms with Crippen molar-refractivity contribution in [2.24, 2.45) is 5.92 Å². The largest absolute Gasteiger partial charge is 0.389 e. The van der Waals surface area contributed by atoms with E-state index in [1.807, 2.05) is 0 Å². The monoisotopic (exact) mass is 255 g/mol. The first-order valence-corrected chi connectivity index (χ1v) is 7.67. The molecule has 2 aliphatic rings. The van der Waals surface area contributed by atoms with Gasteiger partial charge in [0.2, 0.25) is 0 Å². The van der Waals surface area contributed by atoms with Gasteiger partial charge >= 0.3 is 0 Å². The summed E-state index contributed by atoms with van der Waals surface area (Å²) in [5, 5.41) is 24.2. The molecule has 0 aromatic rings. The number of hydrogen-bond donors (Lipinski definition) is 3.